The second-order valence-electron chi connectivity index (χ2n) is 2.94. The second kappa shape index (κ2) is 9.59. The highest BCUT2D eigenvalue weighted by molar-refractivity contribution is 6.17. The molecule has 3 heteroatoms. The number of carboxylic acid groups (broad SMARTS) is 1. The summed E-state index contributed by atoms with van der Waals surface area (Å²) in [6.45, 7) is 0. The highest BCUT2D eigenvalue weighted by Crippen LogP contribution is 2.03. The van der Waals surface area contributed by atoms with E-state index in [1.54, 1.807) is 0 Å². The Labute approximate surface area is 84.6 Å². The molecule has 0 aliphatic heterocycles. The molecule has 0 spiro atoms. The molecule has 0 unspecified atom stereocenters. The lowest BCUT2D eigenvalue weighted by Gasteiger charge is -1.94. The van der Waals surface area contributed by atoms with Gasteiger partial charge in [-0.25, -0.2) is 0 Å². The lowest BCUT2D eigenvalue weighted by atomic mass is 10.1. The second-order valence-corrected chi connectivity index (χ2v) is 3.32. The molecule has 0 radical (unpaired) electrons. The molecule has 0 aromatic carbocycles. The van der Waals surface area contributed by atoms with Crippen molar-refractivity contribution < 1.29 is 9.90 Å². The van der Waals surface area contributed by atoms with E-state index in [0.717, 1.165) is 32.1 Å². The summed E-state index contributed by atoms with van der Waals surface area (Å²) in [6, 6.07) is 0. The van der Waals surface area contributed by atoms with Crippen molar-refractivity contribution in [1.29, 1.82) is 0 Å². The molecule has 0 saturated carbocycles. The first kappa shape index (κ1) is 12.5. The van der Waals surface area contributed by atoms with Crippen LogP contribution in [-0.4, -0.2) is 17.0 Å². The zero-order valence-corrected chi connectivity index (χ0v) is 8.59. The molecule has 0 rings (SSSR count). The maximum Gasteiger partial charge on any atom is 0.303 e. The van der Waals surface area contributed by atoms with Crippen LogP contribution in [0.5, 0.6) is 0 Å². The quantitative estimate of drug-likeness (QED) is 0.375. The minimum absolute atomic E-state index is 0.297. The predicted molar refractivity (Wildman–Crippen MR) is 55.2 cm³/mol. The summed E-state index contributed by atoms with van der Waals surface area (Å²) in [5.74, 6) is -0.0205. The van der Waals surface area contributed by atoms with E-state index in [2.05, 4.69) is 12.2 Å². The molecular formula is C10H17ClO2. The summed E-state index contributed by atoms with van der Waals surface area (Å²) in [5.41, 5.74) is 0. The maximum atomic E-state index is 10.1. The van der Waals surface area contributed by atoms with Gasteiger partial charge in [0.25, 0.3) is 0 Å². The van der Waals surface area contributed by atoms with Gasteiger partial charge in [0.05, 0.1) is 0 Å². The van der Waals surface area contributed by atoms with E-state index < -0.39 is 5.97 Å². The molecule has 2 nitrogen and oxygen atoms in total. The van der Waals surface area contributed by atoms with E-state index in [9.17, 15) is 4.79 Å². The number of carbonyl (C=O) groups is 1. The minimum atomic E-state index is -0.697. The molecular weight excluding hydrogens is 188 g/mol. The Morgan fingerprint density at radius 2 is 1.85 bits per heavy atom. The van der Waals surface area contributed by atoms with Gasteiger partial charge >= 0.3 is 5.97 Å². The predicted octanol–water partition coefficient (Wildman–Crippen LogP) is 3.21. The van der Waals surface area contributed by atoms with Crippen molar-refractivity contribution >= 4 is 17.6 Å². The van der Waals surface area contributed by atoms with Crippen LogP contribution in [0, 0.1) is 0 Å². The maximum absolute atomic E-state index is 10.1. The molecule has 0 aromatic rings. The first-order valence-electron chi connectivity index (χ1n) is 4.70. The Kier molecular flexibility index (Phi) is 9.22. The molecule has 13 heavy (non-hydrogen) atoms. The van der Waals surface area contributed by atoms with Crippen molar-refractivity contribution in [2.45, 2.75) is 38.5 Å². The van der Waals surface area contributed by atoms with Gasteiger partial charge in [0, 0.05) is 12.3 Å². The normalized spacial score (nSPS) is 10.8. The zero-order valence-electron chi connectivity index (χ0n) is 7.84. The average molecular weight is 205 g/mol. The van der Waals surface area contributed by atoms with Crippen LogP contribution in [0.15, 0.2) is 12.2 Å². The number of carboxylic acids is 1. The highest BCUT2D eigenvalue weighted by Gasteiger charge is 1.94. The van der Waals surface area contributed by atoms with Gasteiger partial charge < -0.3 is 5.11 Å². The summed E-state index contributed by atoms with van der Waals surface area (Å²) >= 11 is 5.48. The number of aliphatic carboxylic acids is 1. The Morgan fingerprint density at radius 3 is 2.46 bits per heavy atom. The first-order valence-corrected chi connectivity index (χ1v) is 5.23. The number of unbranched alkanes of at least 4 members (excludes halogenated alkanes) is 3. The molecule has 0 bridgehead atoms. The van der Waals surface area contributed by atoms with E-state index in [1.165, 1.54) is 0 Å². The fourth-order valence-electron chi connectivity index (χ4n) is 1.01. The van der Waals surface area contributed by atoms with Crippen molar-refractivity contribution in [3.8, 4) is 0 Å². The molecule has 0 aliphatic rings. The van der Waals surface area contributed by atoms with Crippen molar-refractivity contribution in [3.63, 3.8) is 0 Å². The molecule has 1 N–H and O–H groups in total. The molecule has 76 valence electrons. The van der Waals surface area contributed by atoms with Gasteiger partial charge in [-0.2, -0.15) is 0 Å². The number of alkyl halides is 1. The van der Waals surface area contributed by atoms with E-state index in [1.807, 2.05) is 0 Å². The number of rotatable bonds is 8. The topological polar surface area (TPSA) is 37.3 Å². The molecule has 0 aromatic heterocycles. The van der Waals surface area contributed by atoms with Gasteiger partial charge in [0.1, 0.15) is 0 Å². The van der Waals surface area contributed by atoms with Gasteiger partial charge in [0.2, 0.25) is 0 Å². The Hall–Kier alpha value is -0.500. The van der Waals surface area contributed by atoms with Crippen LogP contribution in [-0.2, 0) is 4.79 Å². The number of halogens is 1. The van der Waals surface area contributed by atoms with E-state index >= 15 is 0 Å². The van der Waals surface area contributed by atoms with Crippen LogP contribution in [0.3, 0.4) is 0 Å². The monoisotopic (exact) mass is 204 g/mol. The SMILES string of the molecule is O=C(O)CCCCCC=CCCCl. The molecule has 0 amide bonds. The van der Waals surface area contributed by atoms with E-state index in [4.69, 9.17) is 16.7 Å². The molecule has 0 atom stereocenters. The Morgan fingerprint density at radius 1 is 1.15 bits per heavy atom. The molecule has 0 fully saturated rings. The van der Waals surface area contributed by atoms with Gasteiger partial charge in [-0.1, -0.05) is 18.6 Å². The van der Waals surface area contributed by atoms with Crippen LogP contribution in [0.4, 0.5) is 0 Å². The van der Waals surface area contributed by atoms with Gasteiger partial charge in [-0.05, 0) is 25.7 Å². The lowest BCUT2D eigenvalue weighted by molar-refractivity contribution is -0.137. The number of hydrogen-bond acceptors (Lipinski definition) is 1. The van der Waals surface area contributed by atoms with Gasteiger partial charge in [-0.3, -0.25) is 4.79 Å². The lowest BCUT2D eigenvalue weighted by Crippen LogP contribution is -1.93. The molecule has 0 heterocycles. The average Bonchev–Trinajstić information content (AvgIpc) is 2.09. The van der Waals surface area contributed by atoms with Crippen LogP contribution in [0.25, 0.3) is 0 Å². The standard InChI is InChI=1S/C10H17ClO2/c11-9-7-5-3-1-2-4-6-8-10(12)13/h3,5H,1-2,4,6-9H2,(H,12,13). The van der Waals surface area contributed by atoms with Crippen LogP contribution >= 0.6 is 11.6 Å². The summed E-state index contributed by atoms with van der Waals surface area (Å²) in [6.07, 6.45) is 9.31. The van der Waals surface area contributed by atoms with Crippen LogP contribution < -0.4 is 0 Å². The van der Waals surface area contributed by atoms with Crippen LogP contribution in [0.1, 0.15) is 38.5 Å². The fraction of sp³-hybridized carbons (Fsp3) is 0.700. The molecule has 0 aliphatic carbocycles. The van der Waals surface area contributed by atoms with Gasteiger partial charge in [0.15, 0.2) is 0 Å². The third-order valence-electron chi connectivity index (χ3n) is 1.70. The number of hydrogen-bond donors (Lipinski definition) is 1. The number of allylic oxidation sites excluding steroid dienone is 2. The van der Waals surface area contributed by atoms with Crippen molar-refractivity contribution in [1.82, 2.24) is 0 Å². The van der Waals surface area contributed by atoms with Crippen LogP contribution in [0.2, 0.25) is 0 Å². The minimum Gasteiger partial charge on any atom is -0.481 e. The smallest absolute Gasteiger partial charge is 0.303 e. The molecule has 0 saturated heterocycles. The van der Waals surface area contributed by atoms with Crippen molar-refractivity contribution in [2.24, 2.45) is 0 Å². The first-order chi connectivity index (χ1) is 6.27. The Balaban J connectivity index is 3.03. The van der Waals surface area contributed by atoms with Gasteiger partial charge in [-0.15, -0.1) is 11.6 Å². The largest absolute Gasteiger partial charge is 0.481 e. The van der Waals surface area contributed by atoms with Crippen molar-refractivity contribution in [2.75, 3.05) is 5.88 Å². The Bertz CT molecular complexity index is 155. The third-order valence-corrected chi connectivity index (χ3v) is 1.92. The van der Waals surface area contributed by atoms with Crippen molar-refractivity contribution in [3.05, 3.63) is 12.2 Å². The van der Waals surface area contributed by atoms with E-state index in [0.29, 0.717) is 12.3 Å². The third kappa shape index (κ3) is 11.5. The highest BCUT2D eigenvalue weighted by atomic mass is 35.5. The van der Waals surface area contributed by atoms with E-state index in [-0.39, 0.29) is 0 Å². The summed E-state index contributed by atoms with van der Waals surface area (Å²) in [5, 5.41) is 8.36. The fourth-order valence-corrected chi connectivity index (χ4v) is 1.14. The summed E-state index contributed by atoms with van der Waals surface area (Å²) in [4.78, 5) is 10.1. The summed E-state index contributed by atoms with van der Waals surface area (Å²) < 4.78 is 0. The zero-order chi connectivity index (χ0) is 9.94. The summed E-state index contributed by atoms with van der Waals surface area (Å²) in [7, 11) is 0.